The van der Waals surface area contributed by atoms with Gasteiger partial charge in [-0.25, -0.2) is 4.98 Å². The predicted octanol–water partition coefficient (Wildman–Crippen LogP) is 4.61. The molecule has 1 heterocycles. The van der Waals surface area contributed by atoms with Gasteiger partial charge >= 0.3 is 0 Å². The van der Waals surface area contributed by atoms with Crippen LogP contribution in [0.5, 0.6) is 11.5 Å². The normalized spacial score (nSPS) is 10.8. The first kappa shape index (κ1) is 24.3. The van der Waals surface area contributed by atoms with Crippen molar-refractivity contribution in [3.63, 3.8) is 0 Å². The van der Waals surface area contributed by atoms with Crippen molar-refractivity contribution in [2.75, 3.05) is 31.4 Å². The van der Waals surface area contributed by atoms with E-state index < -0.39 is 0 Å². The Labute approximate surface area is 208 Å². The number of thioether (sulfide) groups is 1. The van der Waals surface area contributed by atoms with Crippen molar-refractivity contribution in [2.45, 2.75) is 18.6 Å². The number of aromatic nitrogens is 2. The Morgan fingerprint density at radius 1 is 0.971 bits per heavy atom. The quantitative estimate of drug-likeness (QED) is 0.253. The molecular formula is C27H27N3O4S. The SMILES string of the molecule is CCN(C(=O)CSc1nc2ccccc2c(=O)n1Cc1ccc(OC)c(OC)c1)c1ccccc1. The summed E-state index contributed by atoms with van der Waals surface area (Å²) in [5.74, 6) is 1.29. The lowest BCUT2D eigenvalue weighted by molar-refractivity contribution is -0.116. The summed E-state index contributed by atoms with van der Waals surface area (Å²) in [5.41, 5.74) is 2.14. The van der Waals surface area contributed by atoms with Crippen LogP contribution in [0, 0.1) is 0 Å². The Morgan fingerprint density at radius 2 is 1.69 bits per heavy atom. The molecule has 0 N–H and O–H groups in total. The van der Waals surface area contributed by atoms with Crippen LogP contribution in [0.1, 0.15) is 12.5 Å². The van der Waals surface area contributed by atoms with E-state index in [0.717, 1.165) is 11.3 Å². The topological polar surface area (TPSA) is 73.7 Å². The van der Waals surface area contributed by atoms with Crippen molar-refractivity contribution in [3.8, 4) is 11.5 Å². The smallest absolute Gasteiger partial charge is 0.262 e. The van der Waals surface area contributed by atoms with E-state index in [0.29, 0.717) is 34.1 Å². The van der Waals surface area contributed by atoms with E-state index in [9.17, 15) is 9.59 Å². The van der Waals surface area contributed by atoms with Crippen LogP contribution in [0.25, 0.3) is 10.9 Å². The third kappa shape index (κ3) is 5.33. The third-order valence-electron chi connectivity index (χ3n) is 5.63. The molecule has 0 fully saturated rings. The fourth-order valence-electron chi connectivity index (χ4n) is 3.87. The zero-order valence-corrected chi connectivity index (χ0v) is 20.7. The van der Waals surface area contributed by atoms with Crippen LogP contribution in [0.3, 0.4) is 0 Å². The molecular weight excluding hydrogens is 462 g/mol. The van der Waals surface area contributed by atoms with E-state index in [1.165, 1.54) is 11.8 Å². The van der Waals surface area contributed by atoms with Crippen molar-refractivity contribution in [1.82, 2.24) is 9.55 Å². The van der Waals surface area contributed by atoms with Gasteiger partial charge in [0.15, 0.2) is 16.7 Å². The standard InChI is InChI=1S/C27H27N3O4S/c1-4-29(20-10-6-5-7-11-20)25(31)18-35-27-28-22-13-9-8-12-21(22)26(32)30(27)17-19-14-15-23(33-2)24(16-19)34-3/h5-16H,4,17-18H2,1-3H3. The third-order valence-corrected chi connectivity index (χ3v) is 6.59. The number of anilines is 1. The lowest BCUT2D eigenvalue weighted by Crippen LogP contribution is -2.32. The number of para-hydroxylation sites is 2. The zero-order valence-electron chi connectivity index (χ0n) is 19.9. The molecule has 0 saturated carbocycles. The minimum absolute atomic E-state index is 0.0521. The van der Waals surface area contributed by atoms with E-state index in [1.54, 1.807) is 29.8 Å². The Hall–Kier alpha value is -3.78. The average Bonchev–Trinajstić information content (AvgIpc) is 2.90. The van der Waals surface area contributed by atoms with Gasteiger partial charge in [0.2, 0.25) is 5.91 Å². The van der Waals surface area contributed by atoms with Crippen molar-refractivity contribution in [3.05, 3.63) is 88.7 Å². The Kier molecular flexibility index (Phi) is 7.72. The Bertz CT molecular complexity index is 1390. The number of methoxy groups -OCH3 is 2. The molecule has 7 nitrogen and oxygen atoms in total. The van der Waals surface area contributed by atoms with Gasteiger partial charge in [-0.3, -0.25) is 14.2 Å². The van der Waals surface area contributed by atoms with Crippen molar-refractivity contribution < 1.29 is 14.3 Å². The molecule has 0 aliphatic rings. The van der Waals surface area contributed by atoms with Crippen LogP contribution in [0.15, 0.2) is 82.7 Å². The first-order chi connectivity index (χ1) is 17.0. The number of hydrogen-bond acceptors (Lipinski definition) is 6. The molecule has 0 bridgehead atoms. The highest BCUT2D eigenvalue weighted by Gasteiger charge is 2.18. The van der Waals surface area contributed by atoms with Gasteiger partial charge in [0.05, 0.1) is 37.4 Å². The van der Waals surface area contributed by atoms with E-state index in [4.69, 9.17) is 14.5 Å². The second-order valence-electron chi connectivity index (χ2n) is 7.75. The Morgan fingerprint density at radius 3 is 2.40 bits per heavy atom. The van der Waals surface area contributed by atoms with Crippen molar-refractivity contribution >= 4 is 34.3 Å². The number of benzene rings is 3. The number of hydrogen-bond donors (Lipinski definition) is 0. The fourth-order valence-corrected chi connectivity index (χ4v) is 4.75. The zero-order chi connectivity index (χ0) is 24.8. The van der Waals surface area contributed by atoms with Gasteiger partial charge < -0.3 is 14.4 Å². The van der Waals surface area contributed by atoms with E-state index in [2.05, 4.69) is 0 Å². The summed E-state index contributed by atoms with van der Waals surface area (Å²) >= 11 is 1.26. The van der Waals surface area contributed by atoms with Gasteiger partial charge in [-0.05, 0) is 48.9 Å². The van der Waals surface area contributed by atoms with Crippen LogP contribution < -0.4 is 19.9 Å². The molecule has 1 amide bonds. The summed E-state index contributed by atoms with van der Waals surface area (Å²) in [6.45, 7) is 2.77. The van der Waals surface area contributed by atoms with Gasteiger partial charge in [-0.15, -0.1) is 0 Å². The summed E-state index contributed by atoms with van der Waals surface area (Å²) in [7, 11) is 3.15. The van der Waals surface area contributed by atoms with Crippen LogP contribution in [0.4, 0.5) is 5.69 Å². The molecule has 0 spiro atoms. The molecule has 0 radical (unpaired) electrons. The number of nitrogens with zero attached hydrogens (tertiary/aromatic N) is 3. The second-order valence-corrected chi connectivity index (χ2v) is 8.70. The summed E-state index contributed by atoms with van der Waals surface area (Å²) in [6, 6.07) is 22.3. The van der Waals surface area contributed by atoms with Gasteiger partial charge in [0.25, 0.3) is 5.56 Å². The van der Waals surface area contributed by atoms with Gasteiger partial charge in [-0.1, -0.05) is 48.2 Å². The maximum atomic E-state index is 13.4. The molecule has 0 unspecified atom stereocenters. The Balaban J connectivity index is 1.67. The molecule has 4 rings (SSSR count). The summed E-state index contributed by atoms with van der Waals surface area (Å²) < 4.78 is 12.4. The maximum Gasteiger partial charge on any atom is 0.262 e. The molecule has 0 aliphatic heterocycles. The van der Waals surface area contributed by atoms with Gasteiger partial charge in [-0.2, -0.15) is 0 Å². The number of rotatable bonds is 9. The molecule has 0 aliphatic carbocycles. The lowest BCUT2D eigenvalue weighted by atomic mass is 10.2. The largest absolute Gasteiger partial charge is 0.493 e. The molecule has 180 valence electrons. The molecule has 3 aromatic carbocycles. The summed E-state index contributed by atoms with van der Waals surface area (Å²) in [6.07, 6.45) is 0. The number of amides is 1. The molecule has 1 aromatic heterocycles. The van der Waals surface area contributed by atoms with Gasteiger partial charge in [0.1, 0.15) is 0 Å². The van der Waals surface area contributed by atoms with Crippen molar-refractivity contribution in [2.24, 2.45) is 0 Å². The average molecular weight is 490 g/mol. The number of fused-ring (bicyclic) bond motifs is 1. The minimum Gasteiger partial charge on any atom is -0.493 e. The first-order valence-electron chi connectivity index (χ1n) is 11.2. The van der Waals surface area contributed by atoms with Crippen LogP contribution >= 0.6 is 11.8 Å². The molecule has 8 heteroatoms. The second kappa shape index (κ2) is 11.1. The maximum absolute atomic E-state index is 13.4. The monoisotopic (exact) mass is 489 g/mol. The number of carbonyl (C=O) groups is 1. The van der Waals surface area contributed by atoms with Crippen molar-refractivity contribution in [1.29, 1.82) is 0 Å². The molecule has 0 saturated heterocycles. The summed E-state index contributed by atoms with van der Waals surface area (Å²) in [5, 5.41) is 1.02. The van der Waals surface area contributed by atoms with E-state index in [-0.39, 0.29) is 23.8 Å². The van der Waals surface area contributed by atoms with E-state index in [1.807, 2.05) is 73.7 Å². The lowest BCUT2D eigenvalue weighted by Gasteiger charge is -2.21. The number of carbonyl (C=O) groups excluding carboxylic acids is 1. The molecule has 35 heavy (non-hydrogen) atoms. The highest BCUT2D eigenvalue weighted by Crippen LogP contribution is 2.28. The minimum atomic E-state index is -0.157. The van der Waals surface area contributed by atoms with Crippen LogP contribution in [0.2, 0.25) is 0 Å². The fraction of sp³-hybridized carbons (Fsp3) is 0.222. The highest BCUT2D eigenvalue weighted by atomic mass is 32.2. The van der Waals surface area contributed by atoms with Crippen LogP contribution in [-0.4, -0.2) is 42.0 Å². The molecule has 0 atom stereocenters. The van der Waals surface area contributed by atoms with Gasteiger partial charge in [0, 0.05) is 12.2 Å². The first-order valence-corrected chi connectivity index (χ1v) is 12.2. The van der Waals surface area contributed by atoms with E-state index >= 15 is 0 Å². The van der Waals surface area contributed by atoms with Crippen LogP contribution in [-0.2, 0) is 11.3 Å². The predicted molar refractivity (Wildman–Crippen MR) is 140 cm³/mol. The highest BCUT2D eigenvalue weighted by molar-refractivity contribution is 7.99. The summed E-state index contributed by atoms with van der Waals surface area (Å²) in [4.78, 5) is 33.0. The number of ether oxygens (including phenoxy) is 2. The molecule has 4 aromatic rings.